The van der Waals surface area contributed by atoms with Gasteiger partial charge in [-0.05, 0) is 41.3 Å². The van der Waals surface area contributed by atoms with E-state index in [4.69, 9.17) is 0 Å². The first kappa shape index (κ1) is 21.5. The summed E-state index contributed by atoms with van der Waals surface area (Å²) in [7, 11) is 0. The van der Waals surface area contributed by atoms with Crippen LogP contribution in [0.4, 0.5) is 13.2 Å². The first-order valence-corrected chi connectivity index (χ1v) is 10.1. The van der Waals surface area contributed by atoms with Crippen LogP contribution in [-0.4, -0.2) is 15.9 Å². The van der Waals surface area contributed by atoms with Crippen molar-refractivity contribution in [2.75, 3.05) is 0 Å². The molecule has 0 saturated heterocycles. The minimum Gasteiger partial charge on any atom is -0.267 e. The molecule has 0 aliphatic carbocycles. The Morgan fingerprint density at radius 2 is 1.69 bits per heavy atom. The molecule has 1 heterocycles. The zero-order chi connectivity index (χ0) is 22.9. The average molecular weight is 435 g/mol. The second-order valence-electron chi connectivity index (χ2n) is 7.71. The van der Waals surface area contributed by atoms with E-state index in [1.807, 2.05) is 24.3 Å². The summed E-state index contributed by atoms with van der Waals surface area (Å²) in [5.41, 5.74) is 1.17. The van der Waals surface area contributed by atoms with Gasteiger partial charge in [0.15, 0.2) is 5.82 Å². The molecule has 0 N–H and O–H groups in total. The van der Waals surface area contributed by atoms with Crippen LogP contribution in [0.15, 0.2) is 82.7 Å². The van der Waals surface area contributed by atoms with Crippen molar-refractivity contribution in [2.24, 2.45) is 5.10 Å². The highest BCUT2D eigenvalue weighted by Gasteiger charge is 2.30. The Labute approximate surface area is 182 Å². The van der Waals surface area contributed by atoms with E-state index in [1.54, 1.807) is 24.3 Å². The van der Waals surface area contributed by atoms with E-state index >= 15 is 0 Å². The van der Waals surface area contributed by atoms with Crippen molar-refractivity contribution in [3.63, 3.8) is 0 Å². The number of hydrogen-bond acceptors (Lipinski definition) is 3. The molecular formula is C25H20F3N3O. The van der Waals surface area contributed by atoms with Crippen LogP contribution in [0.25, 0.3) is 22.3 Å². The van der Waals surface area contributed by atoms with Crippen molar-refractivity contribution in [3.8, 4) is 11.4 Å². The zero-order valence-electron chi connectivity index (χ0n) is 17.5. The smallest absolute Gasteiger partial charge is 0.267 e. The number of fused-ring (bicyclic) bond motifs is 1. The topological polar surface area (TPSA) is 47.2 Å². The summed E-state index contributed by atoms with van der Waals surface area (Å²) in [6, 6.07) is 19.1. The maximum absolute atomic E-state index is 13.3. The summed E-state index contributed by atoms with van der Waals surface area (Å²) in [4.78, 5) is 17.6. The number of halogens is 3. The lowest BCUT2D eigenvalue weighted by Gasteiger charge is -2.12. The number of hydrogen-bond donors (Lipinski definition) is 0. The molecule has 162 valence electrons. The minimum absolute atomic E-state index is 0.0369. The second-order valence-corrected chi connectivity index (χ2v) is 7.71. The predicted molar refractivity (Wildman–Crippen MR) is 120 cm³/mol. The first-order valence-electron chi connectivity index (χ1n) is 10.1. The van der Waals surface area contributed by atoms with Crippen LogP contribution in [0.3, 0.4) is 0 Å². The SMILES string of the molecule is CC(C)c1ccc(C=Nn2c(-c3cccc(C(F)(F)F)c3)nc3ccccc3c2=O)cc1. The van der Waals surface area contributed by atoms with E-state index in [1.165, 1.54) is 18.3 Å². The van der Waals surface area contributed by atoms with Crippen molar-refractivity contribution in [1.82, 2.24) is 9.66 Å². The third-order valence-corrected chi connectivity index (χ3v) is 5.13. The van der Waals surface area contributed by atoms with Gasteiger partial charge in [-0.15, -0.1) is 0 Å². The molecule has 0 saturated carbocycles. The summed E-state index contributed by atoms with van der Waals surface area (Å²) in [5.74, 6) is 0.413. The number of aromatic nitrogens is 2. The average Bonchev–Trinajstić information content (AvgIpc) is 2.78. The summed E-state index contributed by atoms with van der Waals surface area (Å²) in [6.07, 6.45) is -3.02. The molecule has 0 unspecified atom stereocenters. The maximum Gasteiger partial charge on any atom is 0.416 e. The van der Waals surface area contributed by atoms with Crippen molar-refractivity contribution in [3.05, 3.63) is 99.8 Å². The highest BCUT2D eigenvalue weighted by atomic mass is 19.4. The fourth-order valence-corrected chi connectivity index (χ4v) is 3.34. The molecule has 32 heavy (non-hydrogen) atoms. The summed E-state index contributed by atoms with van der Waals surface area (Å²) in [5, 5.41) is 4.63. The number of para-hydroxylation sites is 1. The van der Waals surface area contributed by atoms with Crippen molar-refractivity contribution in [2.45, 2.75) is 25.9 Å². The molecule has 1 aromatic heterocycles. The van der Waals surface area contributed by atoms with Gasteiger partial charge in [-0.3, -0.25) is 4.79 Å². The van der Waals surface area contributed by atoms with Gasteiger partial charge in [0.2, 0.25) is 0 Å². The van der Waals surface area contributed by atoms with Gasteiger partial charge in [0.25, 0.3) is 5.56 Å². The molecule has 4 rings (SSSR count). The highest BCUT2D eigenvalue weighted by molar-refractivity contribution is 5.82. The van der Waals surface area contributed by atoms with Crippen LogP contribution in [-0.2, 0) is 6.18 Å². The van der Waals surface area contributed by atoms with Crippen LogP contribution in [0, 0.1) is 0 Å². The Morgan fingerprint density at radius 3 is 2.38 bits per heavy atom. The maximum atomic E-state index is 13.3. The fraction of sp³-hybridized carbons (Fsp3) is 0.160. The molecule has 0 amide bonds. The van der Waals surface area contributed by atoms with E-state index in [0.717, 1.165) is 27.9 Å². The summed E-state index contributed by atoms with van der Waals surface area (Å²) in [6.45, 7) is 4.18. The van der Waals surface area contributed by atoms with Crippen molar-refractivity contribution >= 4 is 17.1 Å². The van der Waals surface area contributed by atoms with E-state index in [9.17, 15) is 18.0 Å². The van der Waals surface area contributed by atoms with E-state index < -0.39 is 17.3 Å². The molecular weight excluding hydrogens is 415 g/mol. The van der Waals surface area contributed by atoms with E-state index in [0.29, 0.717) is 16.8 Å². The third-order valence-electron chi connectivity index (χ3n) is 5.13. The number of benzene rings is 3. The number of alkyl halides is 3. The van der Waals surface area contributed by atoms with Crippen molar-refractivity contribution < 1.29 is 13.2 Å². The minimum atomic E-state index is -4.51. The van der Waals surface area contributed by atoms with Crippen LogP contribution in [0.5, 0.6) is 0 Å². The van der Waals surface area contributed by atoms with Gasteiger partial charge in [0.1, 0.15) is 0 Å². The molecule has 0 spiro atoms. The first-order chi connectivity index (χ1) is 15.2. The van der Waals surface area contributed by atoms with E-state index in [2.05, 4.69) is 23.9 Å². The molecule has 0 bridgehead atoms. The molecule has 0 fully saturated rings. The standard InChI is InChI=1S/C25H20F3N3O/c1-16(2)18-12-10-17(11-13-18)15-29-31-23(19-6-5-7-20(14-19)25(26,27)28)30-22-9-4-3-8-21(22)24(31)32/h3-16H,1-2H3. The van der Waals surface area contributed by atoms with Crippen LogP contribution >= 0.6 is 0 Å². The molecule has 3 aromatic carbocycles. The van der Waals surface area contributed by atoms with Gasteiger partial charge in [0, 0.05) is 5.56 Å². The largest absolute Gasteiger partial charge is 0.416 e. The zero-order valence-corrected chi connectivity index (χ0v) is 17.5. The Bertz CT molecular complexity index is 1350. The lowest BCUT2D eigenvalue weighted by molar-refractivity contribution is -0.137. The molecule has 4 nitrogen and oxygen atoms in total. The van der Waals surface area contributed by atoms with Crippen LogP contribution in [0.2, 0.25) is 0 Å². The van der Waals surface area contributed by atoms with Gasteiger partial charge in [-0.2, -0.15) is 22.9 Å². The van der Waals surface area contributed by atoms with Gasteiger partial charge in [-0.1, -0.05) is 62.4 Å². The van der Waals surface area contributed by atoms with E-state index in [-0.39, 0.29) is 11.4 Å². The highest BCUT2D eigenvalue weighted by Crippen LogP contribution is 2.31. The quantitative estimate of drug-likeness (QED) is 0.364. The number of rotatable bonds is 4. The second kappa shape index (κ2) is 8.42. The number of nitrogens with zero attached hydrogens (tertiary/aromatic N) is 3. The monoisotopic (exact) mass is 435 g/mol. The van der Waals surface area contributed by atoms with Gasteiger partial charge in [-0.25, -0.2) is 4.98 Å². The van der Waals surface area contributed by atoms with Crippen molar-refractivity contribution in [1.29, 1.82) is 0 Å². The predicted octanol–water partition coefficient (Wildman–Crippen LogP) is 6.09. The summed E-state index contributed by atoms with van der Waals surface area (Å²) >= 11 is 0. The molecule has 0 radical (unpaired) electrons. The van der Waals surface area contributed by atoms with Crippen LogP contribution in [0.1, 0.15) is 36.5 Å². The van der Waals surface area contributed by atoms with Gasteiger partial charge in [0.05, 0.1) is 22.7 Å². The fourth-order valence-electron chi connectivity index (χ4n) is 3.34. The summed E-state index contributed by atoms with van der Waals surface area (Å²) < 4.78 is 40.8. The van der Waals surface area contributed by atoms with Crippen LogP contribution < -0.4 is 5.56 Å². The normalized spacial score (nSPS) is 12.2. The molecule has 0 aliphatic rings. The Hall–Kier alpha value is -3.74. The van der Waals surface area contributed by atoms with Gasteiger partial charge < -0.3 is 0 Å². The Kier molecular flexibility index (Phi) is 5.65. The third kappa shape index (κ3) is 4.32. The molecule has 7 heteroatoms. The Morgan fingerprint density at radius 1 is 0.969 bits per heavy atom. The lowest BCUT2D eigenvalue weighted by Crippen LogP contribution is -2.20. The van der Waals surface area contributed by atoms with Gasteiger partial charge >= 0.3 is 6.18 Å². The molecule has 0 atom stereocenters. The molecule has 4 aromatic rings. The Balaban J connectivity index is 1.88. The lowest BCUT2D eigenvalue weighted by atomic mass is 10.0. The molecule has 0 aliphatic heterocycles.